The van der Waals surface area contributed by atoms with E-state index in [1.165, 1.54) is 4.31 Å². The van der Waals surface area contributed by atoms with Gasteiger partial charge in [-0.3, -0.25) is 4.79 Å². The molecular weight excluding hydrogens is 388 g/mol. The molecule has 6 nitrogen and oxygen atoms in total. The van der Waals surface area contributed by atoms with E-state index in [1.807, 2.05) is 31.2 Å². The van der Waals surface area contributed by atoms with Gasteiger partial charge in [-0.1, -0.05) is 35.9 Å². The summed E-state index contributed by atoms with van der Waals surface area (Å²) in [5.41, 5.74) is 1.85. The monoisotopic (exact) mass is 412 g/mol. The molecule has 1 saturated heterocycles. The average molecular weight is 413 g/mol. The summed E-state index contributed by atoms with van der Waals surface area (Å²) in [6.45, 7) is 2.77. The van der Waals surface area contributed by atoms with Crippen LogP contribution < -0.4 is 5.56 Å². The van der Waals surface area contributed by atoms with Crippen LogP contribution in [0.3, 0.4) is 0 Å². The SMILES string of the molecule is Cc1ccc(S(=O)(=O)N(Cc2cc3ccccc3[nH]c2=O)C[C@@H]2CCCO2)cc1. The Morgan fingerprint density at radius 3 is 2.62 bits per heavy atom. The van der Waals surface area contributed by atoms with Gasteiger partial charge in [0.05, 0.1) is 11.0 Å². The number of hydrogen-bond acceptors (Lipinski definition) is 4. The molecule has 152 valence electrons. The standard InChI is InChI=1S/C22H24N2O4S/c1-16-8-10-20(11-9-16)29(26,27)24(15-19-6-4-12-28-19)14-18-13-17-5-2-3-7-21(17)23-22(18)25/h2-3,5,7-11,13,19H,4,6,12,14-15H2,1H3,(H,23,25)/t19-/m0/s1. The summed E-state index contributed by atoms with van der Waals surface area (Å²) in [4.78, 5) is 15.7. The molecule has 0 bridgehead atoms. The second kappa shape index (κ2) is 8.10. The Morgan fingerprint density at radius 1 is 1.14 bits per heavy atom. The minimum Gasteiger partial charge on any atom is -0.377 e. The molecule has 3 aromatic rings. The van der Waals surface area contributed by atoms with Gasteiger partial charge in [0.1, 0.15) is 0 Å². The lowest BCUT2D eigenvalue weighted by Gasteiger charge is -2.25. The predicted molar refractivity (Wildman–Crippen MR) is 112 cm³/mol. The summed E-state index contributed by atoms with van der Waals surface area (Å²) >= 11 is 0. The van der Waals surface area contributed by atoms with E-state index < -0.39 is 10.0 Å². The molecule has 0 amide bonds. The highest BCUT2D eigenvalue weighted by Crippen LogP contribution is 2.23. The third-order valence-electron chi connectivity index (χ3n) is 5.27. The van der Waals surface area contributed by atoms with Crippen LogP contribution in [-0.2, 0) is 21.3 Å². The number of H-pyrrole nitrogens is 1. The van der Waals surface area contributed by atoms with Crippen molar-refractivity contribution in [2.24, 2.45) is 0 Å². The fourth-order valence-electron chi connectivity index (χ4n) is 3.62. The lowest BCUT2D eigenvalue weighted by Crippen LogP contribution is -2.38. The van der Waals surface area contributed by atoms with Crippen LogP contribution in [0.15, 0.2) is 64.3 Å². The van der Waals surface area contributed by atoms with Crippen molar-refractivity contribution in [3.05, 3.63) is 76.1 Å². The van der Waals surface area contributed by atoms with Crippen molar-refractivity contribution in [2.45, 2.75) is 37.3 Å². The van der Waals surface area contributed by atoms with Crippen molar-refractivity contribution in [3.63, 3.8) is 0 Å². The highest BCUT2D eigenvalue weighted by molar-refractivity contribution is 7.89. The summed E-state index contributed by atoms with van der Waals surface area (Å²) in [6, 6.07) is 16.0. The smallest absolute Gasteiger partial charge is 0.252 e. The van der Waals surface area contributed by atoms with Crippen LogP contribution in [0.4, 0.5) is 0 Å². The first-order chi connectivity index (χ1) is 13.9. The van der Waals surface area contributed by atoms with Gasteiger partial charge < -0.3 is 9.72 Å². The summed E-state index contributed by atoms with van der Waals surface area (Å²) in [5, 5.41) is 0.868. The van der Waals surface area contributed by atoms with Crippen molar-refractivity contribution < 1.29 is 13.2 Å². The van der Waals surface area contributed by atoms with E-state index in [-0.39, 0.29) is 29.6 Å². The molecule has 29 heavy (non-hydrogen) atoms. The third-order valence-corrected chi connectivity index (χ3v) is 7.09. The molecule has 2 aromatic carbocycles. The number of sulfonamides is 1. The van der Waals surface area contributed by atoms with Crippen LogP contribution in [-0.4, -0.2) is 37.0 Å². The van der Waals surface area contributed by atoms with Crippen molar-refractivity contribution in [2.75, 3.05) is 13.2 Å². The number of ether oxygens (including phenoxy) is 1. The highest BCUT2D eigenvalue weighted by atomic mass is 32.2. The summed E-state index contributed by atoms with van der Waals surface area (Å²) in [6.07, 6.45) is 1.57. The first-order valence-corrected chi connectivity index (χ1v) is 11.2. The number of nitrogens with one attached hydrogen (secondary N) is 1. The van der Waals surface area contributed by atoms with Crippen LogP contribution in [0.2, 0.25) is 0 Å². The maximum absolute atomic E-state index is 13.4. The highest BCUT2D eigenvalue weighted by Gasteiger charge is 2.30. The summed E-state index contributed by atoms with van der Waals surface area (Å²) < 4.78 is 33.8. The minimum atomic E-state index is -3.77. The molecule has 0 unspecified atom stereocenters. The molecule has 1 aliphatic heterocycles. The van der Waals surface area contributed by atoms with Crippen molar-refractivity contribution in [1.29, 1.82) is 0 Å². The predicted octanol–water partition coefficient (Wildman–Crippen LogP) is 3.21. The number of aryl methyl sites for hydroxylation is 1. The topological polar surface area (TPSA) is 79.5 Å². The Hall–Kier alpha value is -2.48. The number of hydrogen-bond donors (Lipinski definition) is 1. The van der Waals surface area contributed by atoms with Crippen molar-refractivity contribution in [3.8, 4) is 0 Å². The number of benzene rings is 2. The lowest BCUT2D eigenvalue weighted by atomic mass is 10.1. The normalized spacial score (nSPS) is 17.2. The summed E-state index contributed by atoms with van der Waals surface area (Å²) in [7, 11) is -3.77. The molecule has 1 atom stereocenters. The molecule has 1 aliphatic rings. The number of para-hydroxylation sites is 1. The van der Waals surface area contributed by atoms with E-state index in [2.05, 4.69) is 4.98 Å². The average Bonchev–Trinajstić information content (AvgIpc) is 3.21. The Bertz CT molecular complexity index is 1160. The zero-order valence-electron chi connectivity index (χ0n) is 16.3. The lowest BCUT2D eigenvalue weighted by molar-refractivity contribution is 0.0925. The van der Waals surface area contributed by atoms with Crippen LogP contribution >= 0.6 is 0 Å². The molecule has 7 heteroatoms. The van der Waals surface area contributed by atoms with E-state index in [9.17, 15) is 13.2 Å². The van der Waals surface area contributed by atoms with Gasteiger partial charge in [-0.15, -0.1) is 0 Å². The van der Waals surface area contributed by atoms with E-state index in [0.29, 0.717) is 12.2 Å². The Morgan fingerprint density at radius 2 is 1.90 bits per heavy atom. The number of rotatable bonds is 6. The van der Waals surface area contributed by atoms with E-state index in [0.717, 1.165) is 29.3 Å². The zero-order valence-corrected chi connectivity index (χ0v) is 17.1. The molecule has 0 spiro atoms. The molecule has 2 heterocycles. The number of aromatic amines is 1. The number of aromatic nitrogens is 1. The molecular formula is C22H24N2O4S. The Kier molecular flexibility index (Phi) is 5.54. The molecule has 0 saturated carbocycles. The Labute approximate surface area is 170 Å². The van der Waals surface area contributed by atoms with E-state index in [1.54, 1.807) is 30.3 Å². The van der Waals surface area contributed by atoms with Gasteiger partial charge in [0.25, 0.3) is 5.56 Å². The first kappa shape index (κ1) is 19.8. The van der Waals surface area contributed by atoms with Crippen molar-refractivity contribution in [1.82, 2.24) is 9.29 Å². The third kappa shape index (κ3) is 4.27. The molecule has 4 rings (SSSR count). The number of pyridine rings is 1. The minimum absolute atomic E-state index is 0.00373. The fourth-order valence-corrected chi connectivity index (χ4v) is 5.07. The quantitative estimate of drug-likeness (QED) is 0.674. The van der Waals surface area contributed by atoms with Gasteiger partial charge in [0.15, 0.2) is 0 Å². The van der Waals surface area contributed by atoms with E-state index >= 15 is 0 Å². The molecule has 1 aromatic heterocycles. The second-order valence-electron chi connectivity index (χ2n) is 7.46. The van der Waals surface area contributed by atoms with Gasteiger partial charge in [0, 0.05) is 30.8 Å². The van der Waals surface area contributed by atoms with Gasteiger partial charge >= 0.3 is 0 Å². The van der Waals surface area contributed by atoms with Crippen LogP contribution in [0.25, 0.3) is 10.9 Å². The first-order valence-electron chi connectivity index (χ1n) is 9.73. The summed E-state index contributed by atoms with van der Waals surface area (Å²) in [5.74, 6) is 0. The number of fused-ring (bicyclic) bond motifs is 1. The van der Waals surface area contributed by atoms with Gasteiger partial charge in [0.2, 0.25) is 10.0 Å². The second-order valence-corrected chi connectivity index (χ2v) is 9.39. The molecule has 0 radical (unpaired) electrons. The van der Waals surface area contributed by atoms with Crippen LogP contribution in [0.1, 0.15) is 24.0 Å². The molecule has 1 N–H and O–H groups in total. The Balaban J connectivity index is 1.71. The van der Waals surface area contributed by atoms with Gasteiger partial charge in [-0.2, -0.15) is 4.31 Å². The molecule has 0 aliphatic carbocycles. The van der Waals surface area contributed by atoms with Crippen LogP contribution in [0.5, 0.6) is 0 Å². The number of nitrogens with zero attached hydrogens (tertiary/aromatic N) is 1. The zero-order chi connectivity index (χ0) is 20.4. The van der Waals surface area contributed by atoms with Gasteiger partial charge in [-0.25, -0.2) is 8.42 Å². The largest absolute Gasteiger partial charge is 0.377 e. The molecule has 1 fully saturated rings. The maximum atomic E-state index is 13.4. The van der Waals surface area contributed by atoms with E-state index in [4.69, 9.17) is 4.74 Å². The fraction of sp³-hybridized carbons (Fsp3) is 0.318. The van der Waals surface area contributed by atoms with Crippen LogP contribution in [0, 0.1) is 6.92 Å². The van der Waals surface area contributed by atoms with Gasteiger partial charge in [-0.05, 0) is 49.4 Å². The van der Waals surface area contributed by atoms with Crippen molar-refractivity contribution >= 4 is 20.9 Å². The maximum Gasteiger partial charge on any atom is 0.252 e.